The normalized spacial score (nSPS) is 10.4. The van der Waals surface area contributed by atoms with Crippen LogP contribution in [0.5, 0.6) is 0 Å². The number of carbonyl (C=O) groups is 1. The summed E-state index contributed by atoms with van der Waals surface area (Å²) in [6.07, 6.45) is 0. The second-order valence-electron chi connectivity index (χ2n) is 3.70. The van der Waals surface area contributed by atoms with Gasteiger partial charge in [-0.1, -0.05) is 11.6 Å². The van der Waals surface area contributed by atoms with Crippen LogP contribution in [0.2, 0.25) is 5.02 Å². The largest absolute Gasteiger partial charge is 0.298 e. The zero-order chi connectivity index (χ0) is 13.1. The first-order chi connectivity index (χ1) is 8.60. The molecule has 0 bridgehead atoms. The number of amides is 1. The molecular weight excluding hydrogens is 291 g/mol. The van der Waals surface area contributed by atoms with Crippen LogP contribution in [-0.2, 0) is 5.88 Å². The lowest BCUT2D eigenvalue weighted by Gasteiger charge is -2.03. The van der Waals surface area contributed by atoms with Crippen LogP contribution in [-0.4, -0.2) is 10.9 Å². The first kappa shape index (κ1) is 13.3. The van der Waals surface area contributed by atoms with Crippen LogP contribution in [0.25, 0.3) is 0 Å². The van der Waals surface area contributed by atoms with Crippen molar-refractivity contribution in [1.82, 2.24) is 4.98 Å². The van der Waals surface area contributed by atoms with Gasteiger partial charge in [0.2, 0.25) is 0 Å². The maximum Gasteiger partial charge on any atom is 0.257 e. The Morgan fingerprint density at radius 1 is 1.50 bits per heavy atom. The van der Waals surface area contributed by atoms with Crippen LogP contribution in [0.3, 0.4) is 0 Å². The molecular formula is C12H10Cl2N2OS. The van der Waals surface area contributed by atoms with E-state index in [2.05, 4.69) is 10.3 Å². The molecule has 0 atom stereocenters. The summed E-state index contributed by atoms with van der Waals surface area (Å²) in [7, 11) is 0. The van der Waals surface area contributed by atoms with Crippen molar-refractivity contribution in [2.24, 2.45) is 0 Å². The van der Waals surface area contributed by atoms with Crippen molar-refractivity contribution >= 4 is 45.6 Å². The summed E-state index contributed by atoms with van der Waals surface area (Å²) in [4.78, 5) is 16.1. The van der Waals surface area contributed by atoms with Gasteiger partial charge in [0.15, 0.2) is 5.13 Å². The SMILES string of the molecule is Cc1cc(C(=O)Nc2nc(CCl)cs2)ccc1Cl. The van der Waals surface area contributed by atoms with Crippen molar-refractivity contribution in [3.05, 3.63) is 45.4 Å². The van der Waals surface area contributed by atoms with E-state index in [0.717, 1.165) is 11.3 Å². The van der Waals surface area contributed by atoms with E-state index >= 15 is 0 Å². The van der Waals surface area contributed by atoms with Gasteiger partial charge in [0.1, 0.15) is 0 Å². The van der Waals surface area contributed by atoms with Gasteiger partial charge < -0.3 is 0 Å². The number of alkyl halides is 1. The summed E-state index contributed by atoms with van der Waals surface area (Å²) < 4.78 is 0. The molecule has 0 fully saturated rings. The van der Waals surface area contributed by atoms with Gasteiger partial charge in [0.25, 0.3) is 5.91 Å². The molecule has 0 aliphatic rings. The van der Waals surface area contributed by atoms with Gasteiger partial charge in [-0.25, -0.2) is 4.98 Å². The van der Waals surface area contributed by atoms with Crippen LogP contribution in [0, 0.1) is 6.92 Å². The van der Waals surface area contributed by atoms with Crippen LogP contribution < -0.4 is 5.32 Å². The molecule has 0 aliphatic heterocycles. The third-order valence-electron chi connectivity index (χ3n) is 2.33. The molecule has 94 valence electrons. The molecule has 1 aromatic carbocycles. The molecule has 2 aromatic rings. The average Bonchev–Trinajstić information content (AvgIpc) is 2.80. The Bertz CT molecular complexity index is 583. The van der Waals surface area contributed by atoms with Gasteiger partial charge in [-0.05, 0) is 30.7 Å². The van der Waals surface area contributed by atoms with Crippen molar-refractivity contribution < 1.29 is 4.79 Å². The Hall–Kier alpha value is -1.10. The van der Waals surface area contributed by atoms with Gasteiger partial charge in [-0.15, -0.1) is 22.9 Å². The molecule has 0 unspecified atom stereocenters. The molecule has 6 heteroatoms. The van der Waals surface area contributed by atoms with Gasteiger partial charge in [0.05, 0.1) is 11.6 Å². The Morgan fingerprint density at radius 2 is 2.28 bits per heavy atom. The highest BCUT2D eigenvalue weighted by atomic mass is 35.5. The fraction of sp³-hybridized carbons (Fsp3) is 0.167. The molecule has 0 saturated carbocycles. The molecule has 3 nitrogen and oxygen atoms in total. The summed E-state index contributed by atoms with van der Waals surface area (Å²) in [5.74, 6) is 0.136. The summed E-state index contributed by atoms with van der Waals surface area (Å²) in [6, 6.07) is 5.13. The number of nitrogens with zero attached hydrogens (tertiary/aromatic N) is 1. The minimum atomic E-state index is -0.203. The van der Waals surface area contributed by atoms with E-state index in [9.17, 15) is 4.79 Å². The predicted molar refractivity (Wildman–Crippen MR) is 75.8 cm³/mol. The Balaban J connectivity index is 2.14. The number of thiazole rings is 1. The highest BCUT2D eigenvalue weighted by Gasteiger charge is 2.09. The zero-order valence-electron chi connectivity index (χ0n) is 9.54. The van der Waals surface area contributed by atoms with E-state index in [1.54, 1.807) is 18.2 Å². The van der Waals surface area contributed by atoms with Crippen molar-refractivity contribution in [2.75, 3.05) is 5.32 Å². The minimum absolute atomic E-state index is 0.203. The highest BCUT2D eigenvalue weighted by Crippen LogP contribution is 2.20. The molecule has 18 heavy (non-hydrogen) atoms. The van der Waals surface area contributed by atoms with Gasteiger partial charge in [0, 0.05) is 16.0 Å². The summed E-state index contributed by atoms with van der Waals surface area (Å²) >= 11 is 12.9. The van der Waals surface area contributed by atoms with E-state index in [-0.39, 0.29) is 5.91 Å². The third kappa shape index (κ3) is 3.02. The fourth-order valence-electron chi connectivity index (χ4n) is 1.38. The smallest absolute Gasteiger partial charge is 0.257 e. The second kappa shape index (κ2) is 5.69. The van der Waals surface area contributed by atoms with Crippen LogP contribution >= 0.6 is 34.5 Å². The number of nitrogens with one attached hydrogen (secondary N) is 1. The molecule has 0 saturated heterocycles. The van der Waals surface area contributed by atoms with E-state index in [1.165, 1.54) is 11.3 Å². The van der Waals surface area contributed by atoms with E-state index in [1.807, 2.05) is 12.3 Å². The van der Waals surface area contributed by atoms with Crippen molar-refractivity contribution in [3.63, 3.8) is 0 Å². The number of halogens is 2. The predicted octanol–water partition coefficient (Wildman–Crippen LogP) is 4.10. The minimum Gasteiger partial charge on any atom is -0.298 e. The van der Waals surface area contributed by atoms with Crippen molar-refractivity contribution in [1.29, 1.82) is 0 Å². The number of hydrogen-bond acceptors (Lipinski definition) is 3. The molecule has 1 heterocycles. The van der Waals surface area contributed by atoms with Crippen molar-refractivity contribution in [2.45, 2.75) is 12.8 Å². The lowest BCUT2D eigenvalue weighted by molar-refractivity contribution is 0.102. The average molecular weight is 301 g/mol. The monoisotopic (exact) mass is 300 g/mol. The zero-order valence-corrected chi connectivity index (χ0v) is 11.9. The first-order valence-electron chi connectivity index (χ1n) is 5.18. The number of aromatic nitrogens is 1. The number of hydrogen-bond donors (Lipinski definition) is 1. The van der Waals surface area contributed by atoms with Crippen LogP contribution in [0.15, 0.2) is 23.6 Å². The Morgan fingerprint density at radius 3 is 2.89 bits per heavy atom. The Kier molecular flexibility index (Phi) is 4.22. The van der Waals surface area contributed by atoms with Crippen LogP contribution in [0.1, 0.15) is 21.6 Å². The molecule has 0 aliphatic carbocycles. The number of benzene rings is 1. The number of rotatable bonds is 3. The summed E-state index contributed by atoms with van der Waals surface area (Å²) in [6.45, 7) is 1.86. The fourth-order valence-corrected chi connectivity index (χ4v) is 2.43. The van der Waals surface area contributed by atoms with Gasteiger partial charge in [-0.2, -0.15) is 0 Å². The third-order valence-corrected chi connectivity index (χ3v) is 3.83. The first-order valence-corrected chi connectivity index (χ1v) is 6.97. The molecule has 2 rings (SSSR count). The van der Waals surface area contributed by atoms with Gasteiger partial charge in [-0.3, -0.25) is 10.1 Å². The lowest BCUT2D eigenvalue weighted by Crippen LogP contribution is -2.11. The molecule has 0 radical (unpaired) electrons. The molecule has 1 N–H and O–H groups in total. The highest BCUT2D eigenvalue weighted by molar-refractivity contribution is 7.14. The number of anilines is 1. The van der Waals surface area contributed by atoms with E-state index in [4.69, 9.17) is 23.2 Å². The van der Waals surface area contributed by atoms with E-state index < -0.39 is 0 Å². The maximum absolute atomic E-state index is 12.0. The number of aryl methyl sites for hydroxylation is 1. The van der Waals surface area contributed by atoms with Gasteiger partial charge >= 0.3 is 0 Å². The Labute approximate surface area is 119 Å². The topological polar surface area (TPSA) is 42.0 Å². The lowest BCUT2D eigenvalue weighted by atomic mass is 10.1. The maximum atomic E-state index is 12.0. The molecule has 0 spiro atoms. The standard InChI is InChI=1S/C12H10Cl2N2OS/c1-7-4-8(2-3-10(7)14)11(17)16-12-15-9(5-13)6-18-12/h2-4,6H,5H2,1H3,(H,15,16,17). The second-order valence-corrected chi connectivity index (χ2v) is 5.23. The van der Waals surface area contributed by atoms with Crippen molar-refractivity contribution in [3.8, 4) is 0 Å². The molecule has 1 aromatic heterocycles. The van der Waals surface area contributed by atoms with E-state index in [0.29, 0.717) is 21.6 Å². The summed E-state index contributed by atoms with van der Waals surface area (Å²) in [5.41, 5.74) is 2.17. The van der Waals surface area contributed by atoms with Crippen LogP contribution in [0.4, 0.5) is 5.13 Å². The molecule has 1 amide bonds. The summed E-state index contributed by atoms with van der Waals surface area (Å²) in [5, 5.41) is 5.73. The number of carbonyl (C=O) groups excluding carboxylic acids is 1. The quantitative estimate of drug-likeness (QED) is 0.867.